The van der Waals surface area contributed by atoms with Crippen LogP contribution in [0.3, 0.4) is 0 Å². The van der Waals surface area contributed by atoms with Gasteiger partial charge in [0.15, 0.2) is 17.3 Å². The van der Waals surface area contributed by atoms with Gasteiger partial charge in [0.05, 0.1) is 13.1 Å². The lowest BCUT2D eigenvalue weighted by Gasteiger charge is -2.38. The van der Waals surface area contributed by atoms with E-state index in [1.807, 2.05) is 53.2 Å². The Labute approximate surface area is 197 Å². The number of hydrogen-bond acceptors (Lipinski definition) is 7. The summed E-state index contributed by atoms with van der Waals surface area (Å²) in [6.45, 7) is 1.54. The summed E-state index contributed by atoms with van der Waals surface area (Å²) < 4.78 is 12.7. The Morgan fingerprint density at radius 1 is 1.00 bits per heavy atom. The van der Waals surface area contributed by atoms with E-state index in [9.17, 15) is 4.79 Å². The van der Waals surface area contributed by atoms with E-state index >= 15 is 0 Å². The molecule has 2 amide bonds. The molecule has 6 rings (SSSR count). The minimum absolute atomic E-state index is 0.142. The van der Waals surface area contributed by atoms with Gasteiger partial charge in [-0.2, -0.15) is 0 Å². The second-order valence-electron chi connectivity index (χ2n) is 9.13. The molecule has 1 unspecified atom stereocenters. The monoisotopic (exact) mass is 461 g/mol. The van der Waals surface area contributed by atoms with Crippen LogP contribution in [0.25, 0.3) is 0 Å². The number of aromatic nitrogens is 4. The number of carbonyl (C=O) groups is 1. The number of urea groups is 1. The SMILES string of the molecule is O=C(Nc1ccccc1)NC1C[C@H]2CC[C@@H](C1)N2Cc1nnnn1Cc1ccc2c(c1)OCO2. The summed E-state index contributed by atoms with van der Waals surface area (Å²) in [4.78, 5) is 15.0. The molecule has 2 fully saturated rings. The van der Waals surface area contributed by atoms with Crippen LogP contribution in [0.1, 0.15) is 37.1 Å². The first-order valence-corrected chi connectivity index (χ1v) is 11.7. The molecule has 3 atom stereocenters. The third-order valence-corrected chi connectivity index (χ3v) is 6.95. The van der Waals surface area contributed by atoms with E-state index < -0.39 is 0 Å². The summed E-state index contributed by atoms with van der Waals surface area (Å²) in [5, 5.41) is 18.6. The quantitative estimate of drug-likeness (QED) is 0.581. The number of amides is 2. The van der Waals surface area contributed by atoms with E-state index in [0.29, 0.717) is 25.2 Å². The molecule has 2 saturated heterocycles. The summed E-state index contributed by atoms with van der Waals surface area (Å²) >= 11 is 0. The van der Waals surface area contributed by atoms with Crippen LogP contribution < -0.4 is 20.1 Å². The number of fused-ring (bicyclic) bond motifs is 3. The van der Waals surface area contributed by atoms with Gasteiger partial charge in [0.2, 0.25) is 6.79 Å². The molecule has 0 radical (unpaired) electrons. The van der Waals surface area contributed by atoms with Gasteiger partial charge in [-0.05, 0) is 65.9 Å². The molecule has 1 aromatic heterocycles. The minimum Gasteiger partial charge on any atom is -0.454 e. The average molecular weight is 462 g/mol. The minimum atomic E-state index is -0.142. The van der Waals surface area contributed by atoms with E-state index in [4.69, 9.17) is 9.47 Å². The van der Waals surface area contributed by atoms with Crippen LogP contribution >= 0.6 is 0 Å². The molecule has 3 aromatic rings. The van der Waals surface area contributed by atoms with Crippen molar-refractivity contribution in [1.82, 2.24) is 30.4 Å². The van der Waals surface area contributed by atoms with Crippen molar-refractivity contribution < 1.29 is 14.3 Å². The van der Waals surface area contributed by atoms with Gasteiger partial charge in [-0.15, -0.1) is 5.10 Å². The third kappa shape index (κ3) is 4.28. The second kappa shape index (κ2) is 8.94. The number of hydrogen-bond donors (Lipinski definition) is 2. The van der Waals surface area contributed by atoms with E-state index in [1.165, 1.54) is 0 Å². The maximum atomic E-state index is 12.5. The average Bonchev–Trinajstić information content (AvgIpc) is 3.53. The molecule has 2 aromatic carbocycles. The molecule has 34 heavy (non-hydrogen) atoms. The fourth-order valence-electron chi connectivity index (χ4n) is 5.36. The maximum absolute atomic E-state index is 12.5. The van der Waals surface area contributed by atoms with Crippen molar-refractivity contribution in [1.29, 1.82) is 0 Å². The van der Waals surface area contributed by atoms with Crippen LogP contribution in [-0.2, 0) is 13.1 Å². The zero-order chi connectivity index (χ0) is 22.9. The number of ether oxygens (including phenoxy) is 2. The molecule has 2 N–H and O–H groups in total. The molecular formula is C24H27N7O3. The standard InChI is InChI=1S/C24H27N7O3/c32-24(25-17-4-2-1-3-5-17)26-18-11-19-7-8-20(12-18)30(19)14-23-27-28-29-31(23)13-16-6-9-21-22(10-16)34-15-33-21/h1-6,9-10,18-20H,7-8,11-15H2,(H2,25,26,32)/t18?,19-,20+. The van der Waals surface area contributed by atoms with Crippen molar-refractivity contribution in [2.45, 2.75) is 56.9 Å². The Hall–Kier alpha value is -3.66. The van der Waals surface area contributed by atoms with Crippen molar-refractivity contribution in [2.24, 2.45) is 0 Å². The highest BCUT2D eigenvalue weighted by Crippen LogP contribution is 2.37. The fraction of sp³-hybridized carbons (Fsp3) is 0.417. The molecule has 176 valence electrons. The van der Waals surface area contributed by atoms with E-state index in [1.54, 1.807) is 0 Å². The van der Waals surface area contributed by atoms with Crippen LogP contribution in [0.15, 0.2) is 48.5 Å². The van der Waals surface area contributed by atoms with Gasteiger partial charge in [-0.1, -0.05) is 24.3 Å². The predicted molar refractivity (Wildman–Crippen MR) is 123 cm³/mol. The second-order valence-corrected chi connectivity index (χ2v) is 9.13. The van der Waals surface area contributed by atoms with Gasteiger partial charge < -0.3 is 20.1 Å². The van der Waals surface area contributed by atoms with Gasteiger partial charge in [0.1, 0.15) is 0 Å². The van der Waals surface area contributed by atoms with Crippen LogP contribution in [0.5, 0.6) is 11.5 Å². The molecule has 0 spiro atoms. The van der Waals surface area contributed by atoms with Crippen LogP contribution in [-0.4, -0.2) is 56.1 Å². The van der Waals surface area contributed by atoms with Crippen molar-refractivity contribution in [3.8, 4) is 11.5 Å². The lowest BCUT2D eigenvalue weighted by molar-refractivity contribution is 0.107. The Balaban J connectivity index is 1.07. The maximum Gasteiger partial charge on any atom is 0.319 e. The van der Waals surface area contributed by atoms with Gasteiger partial charge in [0, 0.05) is 23.8 Å². The van der Waals surface area contributed by atoms with E-state index in [-0.39, 0.29) is 18.9 Å². The molecule has 3 aliphatic heterocycles. The number of rotatable bonds is 6. The largest absolute Gasteiger partial charge is 0.454 e. The summed E-state index contributed by atoms with van der Waals surface area (Å²) in [5.74, 6) is 2.38. The Bertz CT molecular complexity index is 1150. The number of nitrogens with one attached hydrogen (secondary N) is 2. The zero-order valence-electron chi connectivity index (χ0n) is 18.8. The van der Waals surface area contributed by atoms with Gasteiger partial charge in [-0.3, -0.25) is 4.90 Å². The summed E-state index contributed by atoms with van der Waals surface area (Å²) in [5.41, 5.74) is 1.86. The lowest BCUT2D eigenvalue weighted by atomic mass is 9.97. The van der Waals surface area contributed by atoms with Crippen LogP contribution in [0.2, 0.25) is 0 Å². The van der Waals surface area contributed by atoms with Gasteiger partial charge in [-0.25, -0.2) is 9.48 Å². The number of benzene rings is 2. The molecular weight excluding hydrogens is 434 g/mol. The molecule has 4 heterocycles. The molecule has 0 saturated carbocycles. The van der Waals surface area contributed by atoms with Gasteiger partial charge in [0.25, 0.3) is 0 Å². The number of carbonyl (C=O) groups excluding carboxylic acids is 1. The zero-order valence-corrected chi connectivity index (χ0v) is 18.8. The highest BCUT2D eigenvalue weighted by molar-refractivity contribution is 5.89. The summed E-state index contributed by atoms with van der Waals surface area (Å²) in [6, 6.07) is 16.3. The van der Waals surface area contributed by atoms with Crippen molar-refractivity contribution in [3.63, 3.8) is 0 Å². The summed E-state index contributed by atoms with van der Waals surface area (Å²) in [6.07, 6.45) is 4.13. The fourth-order valence-corrected chi connectivity index (χ4v) is 5.36. The first kappa shape index (κ1) is 20.9. The van der Waals surface area contributed by atoms with Gasteiger partial charge >= 0.3 is 6.03 Å². The third-order valence-electron chi connectivity index (χ3n) is 6.95. The molecule has 10 heteroatoms. The summed E-state index contributed by atoms with van der Waals surface area (Å²) in [7, 11) is 0. The molecule has 3 aliphatic rings. The molecule has 0 aliphatic carbocycles. The Morgan fingerprint density at radius 2 is 1.79 bits per heavy atom. The number of nitrogens with zero attached hydrogens (tertiary/aromatic N) is 5. The highest BCUT2D eigenvalue weighted by atomic mass is 16.7. The topological polar surface area (TPSA) is 106 Å². The Kier molecular flexibility index (Phi) is 5.50. The van der Waals surface area contributed by atoms with Crippen molar-refractivity contribution in [2.75, 3.05) is 12.1 Å². The number of tetrazole rings is 1. The molecule has 2 bridgehead atoms. The first-order valence-electron chi connectivity index (χ1n) is 11.7. The first-order chi connectivity index (χ1) is 16.7. The van der Waals surface area contributed by atoms with Crippen molar-refractivity contribution in [3.05, 3.63) is 59.9 Å². The van der Waals surface area contributed by atoms with E-state index in [2.05, 4.69) is 31.1 Å². The molecule has 10 nitrogen and oxygen atoms in total. The Morgan fingerprint density at radius 3 is 2.62 bits per heavy atom. The smallest absolute Gasteiger partial charge is 0.319 e. The normalized spacial score (nSPS) is 23.1. The number of piperidine rings is 1. The number of para-hydroxylation sites is 1. The highest BCUT2D eigenvalue weighted by Gasteiger charge is 2.41. The van der Waals surface area contributed by atoms with Crippen LogP contribution in [0.4, 0.5) is 10.5 Å². The van der Waals surface area contributed by atoms with E-state index in [0.717, 1.165) is 54.3 Å². The number of anilines is 1. The lowest BCUT2D eigenvalue weighted by Crippen LogP contribution is -2.51. The van der Waals surface area contributed by atoms with Crippen molar-refractivity contribution >= 4 is 11.7 Å². The predicted octanol–water partition coefficient (Wildman–Crippen LogP) is 2.77. The van der Waals surface area contributed by atoms with Crippen LogP contribution in [0, 0.1) is 0 Å².